The standard InChI is InChI=1S/C16H23NO5/c1-3-22-16(20)14(17-15(19)8-5-9-18)11-12-6-4-7-13(10-12)21-2/h4,6-7,10,14,18H,3,5,8-9,11H2,1-2H3,(H,17,19). The average molecular weight is 309 g/mol. The average Bonchev–Trinajstić information content (AvgIpc) is 2.52. The van der Waals surface area contributed by atoms with E-state index in [1.165, 1.54) is 0 Å². The van der Waals surface area contributed by atoms with Crippen LogP contribution < -0.4 is 10.1 Å². The lowest BCUT2D eigenvalue weighted by Crippen LogP contribution is -2.43. The van der Waals surface area contributed by atoms with Crippen LogP contribution in [0.3, 0.4) is 0 Å². The molecule has 1 atom stereocenters. The van der Waals surface area contributed by atoms with Gasteiger partial charge in [-0.3, -0.25) is 4.79 Å². The Morgan fingerprint density at radius 2 is 2.14 bits per heavy atom. The monoisotopic (exact) mass is 309 g/mol. The van der Waals surface area contributed by atoms with E-state index in [2.05, 4.69) is 5.32 Å². The van der Waals surface area contributed by atoms with Gasteiger partial charge in [-0.15, -0.1) is 0 Å². The van der Waals surface area contributed by atoms with Crippen LogP contribution in [0, 0.1) is 0 Å². The summed E-state index contributed by atoms with van der Waals surface area (Å²) < 4.78 is 10.2. The van der Waals surface area contributed by atoms with Gasteiger partial charge in [0.15, 0.2) is 0 Å². The fourth-order valence-electron chi connectivity index (χ4n) is 1.98. The zero-order chi connectivity index (χ0) is 16.4. The van der Waals surface area contributed by atoms with Gasteiger partial charge in [-0.05, 0) is 31.0 Å². The van der Waals surface area contributed by atoms with Crippen LogP contribution in [-0.4, -0.2) is 43.3 Å². The molecule has 0 saturated heterocycles. The summed E-state index contributed by atoms with van der Waals surface area (Å²) in [7, 11) is 1.57. The number of hydrogen-bond donors (Lipinski definition) is 2. The van der Waals surface area contributed by atoms with Crippen LogP contribution in [0.25, 0.3) is 0 Å². The largest absolute Gasteiger partial charge is 0.497 e. The van der Waals surface area contributed by atoms with Gasteiger partial charge in [0.05, 0.1) is 13.7 Å². The van der Waals surface area contributed by atoms with E-state index in [4.69, 9.17) is 14.6 Å². The molecule has 2 N–H and O–H groups in total. The van der Waals surface area contributed by atoms with Crippen LogP contribution in [0.1, 0.15) is 25.3 Å². The minimum Gasteiger partial charge on any atom is -0.497 e. The molecule has 0 aliphatic heterocycles. The molecule has 0 bridgehead atoms. The Morgan fingerprint density at radius 3 is 2.77 bits per heavy atom. The van der Waals surface area contributed by atoms with Gasteiger partial charge in [0.2, 0.25) is 5.91 Å². The quantitative estimate of drug-likeness (QED) is 0.666. The van der Waals surface area contributed by atoms with E-state index in [0.29, 0.717) is 18.6 Å². The summed E-state index contributed by atoms with van der Waals surface area (Å²) in [6.07, 6.45) is 0.853. The first-order valence-corrected chi connectivity index (χ1v) is 7.30. The van der Waals surface area contributed by atoms with Gasteiger partial charge < -0.3 is 19.9 Å². The van der Waals surface area contributed by atoms with E-state index in [0.717, 1.165) is 5.56 Å². The van der Waals surface area contributed by atoms with Gasteiger partial charge in [0, 0.05) is 19.4 Å². The van der Waals surface area contributed by atoms with E-state index >= 15 is 0 Å². The van der Waals surface area contributed by atoms with Crippen LogP contribution in [-0.2, 0) is 20.7 Å². The normalized spacial score (nSPS) is 11.6. The summed E-state index contributed by atoms with van der Waals surface area (Å²) in [5.41, 5.74) is 0.861. The zero-order valence-corrected chi connectivity index (χ0v) is 13.0. The van der Waals surface area contributed by atoms with E-state index in [1.807, 2.05) is 24.3 Å². The van der Waals surface area contributed by atoms with Crippen molar-refractivity contribution in [3.63, 3.8) is 0 Å². The third-order valence-electron chi connectivity index (χ3n) is 3.04. The topological polar surface area (TPSA) is 84.9 Å². The van der Waals surface area contributed by atoms with Crippen molar-refractivity contribution in [1.29, 1.82) is 0 Å². The van der Waals surface area contributed by atoms with Crippen molar-refractivity contribution in [3.8, 4) is 5.75 Å². The first kappa shape index (κ1) is 18.0. The Labute approximate surface area is 130 Å². The first-order valence-electron chi connectivity index (χ1n) is 7.30. The number of rotatable bonds is 9. The number of ether oxygens (including phenoxy) is 2. The molecule has 0 fully saturated rings. The number of methoxy groups -OCH3 is 1. The molecule has 0 heterocycles. The van der Waals surface area contributed by atoms with Crippen LogP contribution in [0.2, 0.25) is 0 Å². The summed E-state index contributed by atoms with van der Waals surface area (Å²) in [4.78, 5) is 23.8. The number of aliphatic hydroxyl groups excluding tert-OH is 1. The minimum absolute atomic E-state index is 0.0621. The Hall–Kier alpha value is -2.08. The van der Waals surface area contributed by atoms with E-state index in [1.54, 1.807) is 14.0 Å². The van der Waals surface area contributed by atoms with Crippen molar-refractivity contribution in [1.82, 2.24) is 5.32 Å². The van der Waals surface area contributed by atoms with Crippen molar-refractivity contribution in [2.75, 3.05) is 20.3 Å². The summed E-state index contributed by atoms with van der Waals surface area (Å²) in [6, 6.07) is 6.55. The molecule has 22 heavy (non-hydrogen) atoms. The highest BCUT2D eigenvalue weighted by Crippen LogP contribution is 2.14. The summed E-state index contributed by atoms with van der Waals surface area (Å²) in [5, 5.41) is 11.4. The maximum absolute atomic E-state index is 12.0. The second kappa shape index (κ2) is 9.78. The van der Waals surface area contributed by atoms with Crippen LogP contribution >= 0.6 is 0 Å². The molecule has 1 aromatic carbocycles. The molecule has 1 aromatic rings. The molecule has 0 aliphatic rings. The number of hydrogen-bond acceptors (Lipinski definition) is 5. The number of esters is 1. The maximum atomic E-state index is 12.0. The van der Waals surface area contributed by atoms with Gasteiger partial charge in [-0.1, -0.05) is 12.1 Å². The molecule has 1 unspecified atom stereocenters. The van der Waals surface area contributed by atoms with Gasteiger partial charge in [-0.2, -0.15) is 0 Å². The third-order valence-corrected chi connectivity index (χ3v) is 3.04. The molecule has 0 aliphatic carbocycles. The second-order valence-corrected chi connectivity index (χ2v) is 4.75. The smallest absolute Gasteiger partial charge is 0.328 e. The maximum Gasteiger partial charge on any atom is 0.328 e. The molecule has 0 spiro atoms. The highest BCUT2D eigenvalue weighted by Gasteiger charge is 2.22. The molecule has 0 radical (unpaired) electrons. The predicted molar refractivity (Wildman–Crippen MR) is 81.6 cm³/mol. The lowest BCUT2D eigenvalue weighted by molar-refractivity contribution is -0.147. The SMILES string of the molecule is CCOC(=O)C(Cc1cccc(OC)c1)NC(=O)CCCO. The second-order valence-electron chi connectivity index (χ2n) is 4.75. The molecule has 0 saturated carbocycles. The van der Waals surface area contributed by atoms with Crippen molar-refractivity contribution >= 4 is 11.9 Å². The van der Waals surface area contributed by atoms with E-state index < -0.39 is 12.0 Å². The zero-order valence-electron chi connectivity index (χ0n) is 13.0. The number of amides is 1. The number of benzene rings is 1. The molecule has 6 heteroatoms. The number of aliphatic hydroxyl groups is 1. The number of nitrogens with one attached hydrogen (secondary N) is 1. The Morgan fingerprint density at radius 1 is 1.36 bits per heavy atom. The highest BCUT2D eigenvalue weighted by atomic mass is 16.5. The van der Waals surface area contributed by atoms with Crippen molar-refractivity contribution in [2.24, 2.45) is 0 Å². The molecular weight excluding hydrogens is 286 g/mol. The van der Waals surface area contributed by atoms with Gasteiger partial charge in [0.1, 0.15) is 11.8 Å². The van der Waals surface area contributed by atoms with Gasteiger partial charge >= 0.3 is 5.97 Å². The minimum atomic E-state index is -0.752. The van der Waals surface area contributed by atoms with Crippen LogP contribution in [0.15, 0.2) is 24.3 Å². The summed E-state index contributed by atoms with van der Waals surface area (Å²) >= 11 is 0. The Bertz CT molecular complexity index is 489. The highest BCUT2D eigenvalue weighted by molar-refractivity contribution is 5.84. The summed E-state index contributed by atoms with van der Waals surface area (Å²) in [6.45, 7) is 1.90. The molecule has 1 amide bonds. The molecular formula is C16H23NO5. The molecule has 0 aromatic heterocycles. The fourth-order valence-corrected chi connectivity index (χ4v) is 1.98. The number of carbonyl (C=O) groups is 2. The molecule has 122 valence electrons. The first-order chi connectivity index (χ1) is 10.6. The lowest BCUT2D eigenvalue weighted by atomic mass is 10.1. The van der Waals surface area contributed by atoms with Crippen LogP contribution in [0.5, 0.6) is 5.75 Å². The lowest BCUT2D eigenvalue weighted by Gasteiger charge is -2.17. The van der Waals surface area contributed by atoms with Gasteiger partial charge in [-0.25, -0.2) is 4.79 Å². The predicted octanol–water partition coefficient (Wildman–Crippen LogP) is 1.06. The van der Waals surface area contributed by atoms with Crippen molar-refractivity contribution in [2.45, 2.75) is 32.2 Å². The van der Waals surface area contributed by atoms with Crippen molar-refractivity contribution in [3.05, 3.63) is 29.8 Å². The fraction of sp³-hybridized carbons (Fsp3) is 0.500. The van der Waals surface area contributed by atoms with E-state index in [-0.39, 0.29) is 25.5 Å². The van der Waals surface area contributed by atoms with Gasteiger partial charge in [0.25, 0.3) is 0 Å². The molecule has 1 rings (SSSR count). The Kier molecular flexibility index (Phi) is 7.99. The van der Waals surface area contributed by atoms with Crippen molar-refractivity contribution < 1.29 is 24.2 Å². The van der Waals surface area contributed by atoms with Crippen LogP contribution in [0.4, 0.5) is 0 Å². The molecule has 6 nitrogen and oxygen atoms in total. The third kappa shape index (κ3) is 6.13. The number of carbonyl (C=O) groups excluding carboxylic acids is 2. The Balaban J connectivity index is 2.76. The van der Waals surface area contributed by atoms with E-state index in [9.17, 15) is 9.59 Å². The summed E-state index contributed by atoms with van der Waals surface area (Å²) in [5.74, 6) is -0.0654.